The molecule has 1 aromatic heterocycles. The van der Waals surface area contributed by atoms with Crippen molar-refractivity contribution < 1.29 is 14.3 Å². The van der Waals surface area contributed by atoms with Crippen LogP contribution in [0.5, 0.6) is 0 Å². The highest BCUT2D eigenvalue weighted by molar-refractivity contribution is 7.16. The molecule has 1 atom stereocenters. The molecule has 21 heavy (non-hydrogen) atoms. The van der Waals surface area contributed by atoms with E-state index in [9.17, 15) is 9.59 Å². The molecule has 0 saturated carbocycles. The summed E-state index contributed by atoms with van der Waals surface area (Å²) in [7, 11) is 0. The lowest BCUT2D eigenvalue weighted by Crippen LogP contribution is -2.48. The van der Waals surface area contributed by atoms with E-state index in [4.69, 9.17) is 4.74 Å². The number of thiophene rings is 1. The number of ether oxygens (including phenoxy) is 1. The third-order valence-electron chi connectivity index (χ3n) is 3.96. The molecule has 2 heterocycles. The van der Waals surface area contributed by atoms with Gasteiger partial charge in [-0.25, -0.2) is 4.79 Å². The van der Waals surface area contributed by atoms with Crippen LogP contribution in [-0.2, 0) is 9.53 Å². The van der Waals surface area contributed by atoms with E-state index in [1.165, 1.54) is 11.3 Å². The van der Waals surface area contributed by atoms with Gasteiger partial charge in [0.05, 0.1) is 17.7 Å². The Labute approximate surface area is 129 Å². The largest absolute Gasteiger partial charge is 0.462 e. The molecule has 0 spiro atoms. The molecule has 2 N–H and O–H groups in total. The van der Waals surface area contributed by atoms with Gasteiger partial charge in [-0.05, 0) is 52.6 Å². The van der Waals surface area contributed by atoms with Gasteiger partial charge >= 0.3 is 5.97 Å². The zero-order valence-corrected chi connectivity index (χ0v) is 13.8. The summed E-state index contributed by atoms with van der Waals surface area (Å²) < 4.78 is 5.10. The Hall–Kier alpha value is -1.40. The summed E-state index contributed by atoms with van der Waals surface area (Å²) >= 11 is 1.42. The van der Waals surface area contributed by atoms with E-state index in [1.54, 1.807) is 6.92 Å². The molecule has 116 valence electrons. The van der Waals surface area contributed by atoms with Crippen molar-refractivity contribution in [1.82, 2.24) is 5.32 Å². The highest BCUT2D eigenvalue weighted by Gasteiger charge is 2.37. The Morgan fingerprint density at radius 3 is 2.71 bits per heavy atom. The summed E-state index contributed by atoms with van der Waals surface area (Å²) in [6.45, 7) is 8.65. The highest BCUT2D eigenvalue weighted by Crippen LogP contribution is 2.34. The van der Waals surface area contributed by atoms with Crippen LogP contribution in [0.2, 0.25) is 0 Å². The SMILES string of the molecule is CCOC(=O)c1c(NC(=O)C2(C)CCCN2)sc(C)c1C. The predicted octanol–water partition coefficient (Wildman–Crippen LogP) is 2.62. The van der Waals surface area contributed by atoms with Crippen molar-refractivity contribution in [2.75, 3.05) is 18.5 Å². The summed E-state index contributed by atoms with van der Waals surface area (Å²) in [4.78, 5) is 25.6. The molecule has 1 amide bonds. The van der Waals surface area contributed by atoms with Gasteiger partial charge in [0.2, 0.25) is 5.91 Å². The number of anilines is 1. The zero-order valence-electron chi connectivity index (χ0n) is 13.0. The van der Waals surface area contributed by atoms with Gasteiger partial charge in [-0.2, -0.15) is 0 Å². The number of amides is 1. The molecular weight excluding hydrogens is 288 g/mol. The molecule has 1 aliphatic heterocycles. The molecule has 0 aliphatic carbocycles. The van der Waals surface area contributed by atoms with Gasteiger partial charge < -0.3 is 15.4 Å². The van der Waals surface area contributed by atoms with Gasteiger partial charge in [0, 0.05) is 4.88 Å². The van der Waals surface area contributed by atoms with Crippen molar-refractivity contribution in [1.29, 1.82) is 0 Å². The van der Waals surface area contributed by atoms with Crippen molar-refractivity contribution in [3.63, 3.8) is 0 Å². The third kappa shape index (κ3) is 3.11. The van der Waals surface area contributed by atoms with E-state index in [0.717, 1.165) is 29.8 Å². The second kappa shape index (κ2) is 6.15. The predicted molar refractivity (Wildman–Crippen MR) is 84.0 cm³/mol. The maximum Gasteiger partial charge on any atom is 0.341 e. The number of esters is 1. The van der Waals surface area contributed by atoms with Gasteiger partial charge in [0.25, 0.3) is 0 Å². The maximum atomic E-state index is 12.5. The minimum atomic E-state index is -0.558. The first-order valence-electron chi connectivity index (χ1n) is 7.22. The molecule has 5 nitrogen and oxygen atoms in total. The van der Waals surface area contributed by atoms with Crippen molar-refractivity contribution in [3.8, 4) is 0 Å². The van der Waals surface area contributed by atoms with Crippen LogP contribution in [0.4, 0.5) is 5.00 Å². The lowest BCUT2D eigenvalue weighted by atomic mass is 9.99. The van der Waals surface area contributed by atoms with Crippen LogP contribution in [0.15, 0.2) is 0 Å². The molecular formula is C15H22N2O3S. The lowest BCUT2D eigenvalue weighted by molar-refractivity contribution is -0.121. The Balaban J connectivity index is 2.25. The summed E-state index contributed by atoms with van der Waals surface area (Å²) in [5, 5.41) is 6.72. The standard InChI is InChI=1S/C15H22N2O3S/c1-5-20-13(18)11-9(2)10(3)21-12(11)17-14(19)15(4)7-6-8-16-15/h16H,5-8H2,1-4H3,(H,17,19). The van der Waals surface area contributed by atoms with E-state index in [-0.39, 0.29) is 11.9 Å². The third-order valence-corrected chi connectivity index (χ3v) is 5.08. The fourth-order valence-electron chi connectivity index (χ4n) is 2.49. The van der Waals surface area contributed by atoms with Gasteiger partial charge in [0.15, 0.2) is 0 Å². The number of carbonyl (C=O) groups excluding carboxylic acids is 2. The van der Waals surface area contributed by atoms with Gasteiger partial charge in [-0.1, -0.05) is 0 Å². The van der Waals surface area contributed by atoms with E-state index < -0.39 is 5.54 Å². The first kappa shape index (κ1) is 16.0. The molecule has 2 rings (SSSR count). The quantitative estimate of drug-likeness (QED) is 0.839. The van der Waals surface area contributed by atoms with Crippen LogP contribution in [-0.4, -0.2) is 30.6 Å². The number of carbonyl (C=O) groups is 2. The normalized spacial score (nSPS) is 21.3. The van der Waals surface area contributed by atoms with Crippen molar-refractivity contribution >= 4 is 28.2 Å². The van der Waals surface area contributed by atoms with Crippen molar-refractivity contribution in [2.45, 2.75) is 46.1 Å². The Morgan fingerprint density at radius 1 is 1.43 bits per heavy atom. The number of hydrogen-bond acceptors (Lipinski definition) is 5. The average molecular weight is 310 g/mol. The van der Waals surface area contributed by atoms with E-state index in [2.05, 4.69) is 10.6 Å². The highest BCUT2D eigenvalue weighted by atomic mass is 32.1. The minimum Gasteiger partial charge on any atom is -0.462 e. The fourth-order valence-corrected chi connectivity index (χ4v) is 3.54. The first-order valence-corrected chi connectivity index (χ1v) is 8.04. The van der Waals surface area contributed by atoms with E-state index in [0.29, 0.717) is 17.2 Å². The number of aryl methyl sites for hydroxylation is 1. The minimum absolute atomic E-state index is 0.0909. The second-order valence-corrected chi connectivity index (χ2v) is 6.75. The Morgan fingerprint density at radius 2 is 2.14 bits per heavy atom. The van der Waals surface area contributed by atoms with Gasteiger partial charge in [0.1, 0.15) is 5.00 Å². The van der Waals surface area contributed by atoms with Crippen LogP contribution >= 0.6 is 11.3 Å². The molecule has 1 unspecified atom stereocenters. The first-order chi connectivity index (χ1) is 9.89. The molecule has 1 aliphatic rings. The molecule has 6 heteroatoms. The molecule has 0 bridgehead atoms. The molecule has 1 saturated heterocycles. The molecule has 1 aromatic rings. The maximum absolute atomic E-state index is 12.5. The lowest BCUT2D eigenvalue weighted by Gasteiger charge is -2.22. The van der Waals surface area contributed by atoms with E-state index in [1.807, 2.05) is 20.8 Å². The van der Waals surface area contributed by atoms with Gasteiger partial charge in [-0.15, -0.1) is 11.3 Å². The Bertz CT molecular complexity index is 560. The number of hydrogen-bond donors (Lipinski definition) is 2. The summed E-state index contributed by atoms with van der Waals surface area (Å²) in [6.07, 6.45) is 1.79. The summed E-state index contributed by atoms with van der Waals surface area (Å²) in [5.41, 5.74) is 0.796. The average Bonchev–Trinajstić information content (AvgIpc) is 2.97. The van der Waals surface area contributed by atoms with Crippen molar-refractivity contribution in [2.24, 2.45) is 0 Å². The summed E-state index contributed by atoms with van der Waals surface area (Å²) in [5.74, 6) is -0.467. The van der Waals surface area contributed by atoms with Crippen LogP contribution < -0.4 is 10.6 Å². The zero-order chi connectivity index (χ0) is 15.6. The molecule has 0 aromatic carbocycles. The molecule has 0 radical (unpaired) electrons. The number of rotatable bonds is 4. The topological polar surface area (TPSA) is 67.4 Å². The summed E-state index contributed by atoms with van der Waals surface area (Å²) in [6, 6.07) is 0. The fraction of sp³-hybridized carbons (Fsp3) is 0.600. The smallest absolute Gasteiger partial charge is 0.341 e. The van der Waals surface area contributed by atoms with Crippen LogP contribution in [0, 0.1) is 13.8 Å². The van der Waals surface area contributed by atoms with Gasteiger partial charge in [-0.3, -0.25) is 4.79 Å². The van der Waals surface area contributed by atoms with Crippen LogP contribution in [0.1, 0.15) is 47.5 Å². The molecule has 1 fully saturated rings. The van der Waals surface area contributed by atoms with Crippen LogP contribution in [0.3, 0.4) is 0 Å². The second-order valence-electron chi connectivity index (χ2n) is 5.52. The Kier molecular flexibility index (Phi) is 4.68. The van der Waals surface area contributed by atoms with Crippen molar-refractivity contribution in [3.05, 3.63) is 16.0 Å². The van der Waals surface area contributed by atoms with E-state index >= 15 is 0 Å². The van der Waals surface area contributed by atoms with Crippen LogP contribution in [0.25, 0.3) is 0 Å². The monoisotopic (exact) mass is 310 g/mol. The number of nitrogens with one attached hydrogen (secondary N) is 2.